The second-order valence-corrected chi connectivity index (χ2v) is 9.63. The van der Waals surface area contributed by atoms with Crippen molar-refractivity contribution in [3.8, 4) is 5.75 Å². The van der Waals surface area contributed by atoms with Gasteiger partial charge in [0.1, 0.15) is 18.5 Å². The smallest absolute Gasteiger partial charge is 0.123 e. The Hall–Kier alpha value is -1.47. The first-order valence-corrected chi connectivity index (χ1v) is 12.1. The maximum Gasteiger partial charge on any atom is 0.123 e. The van der Waals surface area contributed by atoms with Crippen LogP contribution in [0.5, 0.6) is 5.75 Å². The molecule has 6 heteroatoms. The van der Waals surface area contributed by atoms with Crippen molar-refractivity contribution in [3.05, 3.63) is 45.9 Å². The van der Waals surface area contributed by atoms with Crippen molar-refractivity contribution in [1.29, 1.82) is 0 Å². The molecule has 1 fully saturated rings. The molecule has 30 heavy (non-hydrogen) atoms. The predicted molar refractivity (Wildman–Crippen MR) is 124 cm³/mol. The summed E-state index contributed by atoms with van der Waals surface area (Å²) >= 11 is 1.73. The molecule has 166 valence electrons. The highest BCUT2D eigenvalue weighted by Gasteiger charge is 2.20. The monoisotopic (exact) mass is 431 g/mol. The molecular weight excluding hydrogens is 394 g/mol. The Morgan fingerprint density at radius 3 is 2.70 bits per heavy atom. The number of nitrogens with one attached hydrogen (secondary N) is 1. The summed E-state index contributed by atoms with van der Waals surface area (Å²) in [6, 6.07) is 8.66. The van der Waals surface area contributed by atoms with Crippen LogP contribution in [0.1, 0.15) is 68.1 Å². The van der Waals surface area contributed by atoms with Gasteiger partial charge in [0.2, 0.25) is 0 Å². The molecule has 2 N–H and O–H groups in total. The van der Waals surface area contributed by atoms with Gasteiger partial charge in [-0.25, -0.2) is 4.98 Å². The van der Waals surface area contributed by atoms with E-state index in [9.17, 15) is 5.11 Å². The Balaban J connectivity index is 1.44. The zero-order valence-corrected chi connectivity index (χ0v) is 19.5. The van der Waals surface area contributed by atoms with Gasteiger partial charge >= 0.3 is 0 Å². The second kappa shape index (κ2) is 11.8. The first-order chi connectivity index (χ1) is 14.5. The first-order valence-electron chi connectivity index (χ1n) is 11.3. The van der Waals surface area contributed by atoms with E-state index in [1.54, 1.807) is 11.3 Å². The minimum absolute atomic E-state index is 0.317. The summed E-state index contributed by atoms with van der Waals surface area (Å²) in [6.07, 6.45) is 5.97. The summed E-state index contributed by atoms with van der Waals surface area (Å²) in [7, 11) is 2.13. The number of rotatable bonds is 11. The van der Waals surface area contributed by atoms with Gasteiger partial charge in [-0.3, -0.25) is 0 Å². The Kier molecular flexibility index (Phi) is 9.12. The van der Waals surface area contributed by atoms with Gasteiger partial charge < -0.3 is 20.1 Å². The third-order valence-electron chi connectivity index (χ3n) is 5.79. The van der Waals surface area contributed by atoms with Crippen molar-refractivity contribution in [3.63, 3.8) is 0 Å². The third-order valence-corrected chi connectivity index (χ3v) is 6.98. The summed E-state index contributed by atoms with van der Waals surface area (Å²) in [5, 5.41) is 17.3. The lowest BCUT2D eigenvalue weighted by atomic mass is 9.94. The van der Waals surface area contributed by atoms with E-state index in [1.165, 1.54) is 37.1 Å². The van der Waals surface area contributed by atoms with Gasteiger partial charge in [-0.1, -0.05) is 51.3 Å². The number of aliphatic hydroxyl groups excluding tert-OH is 1. The lowest BCUT2D eigenvalue weighted by Crippen LogP contribution is -2.40. The van der Waals surface area contributed by atoms with E-state index in [0.717, 1.165) is 23.6 Å². The van der Waals surface area contributed by atoms with Gasteiger partial charge in [0.05, 0.1) is 10.7 Å². The largest absolute Gasteiger partial charge is 0.491 e. The van der Waals surface area contributed by atoms with Crippen LogP contribution in [0.2, 0.25) is 0 Å². The molecule has 2 aromatic rings. The summed E-state index contributed by atoms with van der Waals surface area (Å²) < 4.78 is 6.00. The Bertz CT molecular complexity index is 758. The van der Waals surface area contributed by atoms with Crippen molar-refractivity contribution in [2.45, 2.75) is 77.1 Å². The van der Waals surface area contributed by atoms with Crippen molar-refractivity contribution in [1.82, 2.24) is 15.2 Å². The molecule has 0 radical (unpaired) electrons. The Morgan fingerprint density at radius 2 is 1.97 bits per heavy atom. The molecule has 0 aliphatic heterocycles. The number of ether oxygens (including phenoxy) is 1. The van der Waals surface area contributed by atoms with Crippen LogP contribution in [0.15, 0.2) is 29.6 Å². The number of aliphatic hydroxyl groups is 1. The molecule has 0 bridgehead atoms. The number of likely N-dealkylation sites (N-methyl/N-ethyl adjacent to an activating group) is 1. The highest BCUT2D eigenvalue weighted by molar-refractivity contribution is 7.09. The number of aromatic nitrogens is 1. The van der Waals surface area contributed by atoms with E-state index < -0.39 is 6.10 Å². The molecule has 5 nitrogen and oxygen atoms in total. The summed E-state index contributed by atoms with van der Waals surface area (Å²) in [4.78, 5) is 6.98. The minimum atomic E-state index is -0.484. The van der Waals surface area contributed by atoms with E-state index in [0.29, 0.717) is 31.7 Å². The van der Waals surface area contributed by atoms with E-state index >= 15 is 0 Å². The summed E-state index contributed by atoms with van der Waals surface area (Å²) in [6.45, 7) is 6.77. The fourth-order valence-electron chi connectivity index (χ4n) is 4.03. The maximum atomic E-state index is 10.5. The summed E-state index contributed by atoms with van der Waals surface area (Å²) in [5.74, 6) is 1.31. The fourth-order valence-corrected chi connectivity index (χ4v) is 4.86. The molecule has 0 spiro atoms. The van der Waals surface area contributed by atoms with Crippen LogP contribution < -0.4 is 10.1 Å². The normalized spacial score (nSPS) is 16.3. The standard InChI is InChI=1S/C24H37N3O2S/c1-18(2)24-26-20(17-30-24)14-25-13-19-9-7-8-12-23(19)29-16-22(28)15-27(3)21-10-5-4-6-11-21/h7-9,12,17-18,21-22,25,28H,4-6,10-11,13-16H2,1-3H3/t22-/m1/s1. The molecule has 0 amide bonds. The maximum absolute atomic E-state index is 10.5. The van der Waals surface area contributed by atoms with Gasteiger partial charge in [-0.2, -0.15) is 0 Å². The molecule has 0 unspecified atom stereocenters. The highest BCUT2D eigenvalue weighted by atomic mass is 32.1. The molecule has 1 aromatic carbocycles. The lowest BCUT2D eigenvalue weighted by molar-refractivity contribution is 0.0558. The second-order valence-electron chi connectivity index (χ2n) is 8.74. The number of thiazole rings is 1. The molecule has 1 aromatic heterocycles. The van der Waals surface area contributed by atoms with Crippen LogP contribution in [0, 0.1) is 0 Å². The average molecular weight is 432 g/mol. The van der Waals surface area contributed by atoms with E-state index in [2.05, 4.69) is 47.5 Å². The quantitative estimate of drug-likeness (QED) is 0.546. The SMILES string of the molecule is CC(C)c1nc(CNCc2ccccc2OC[C@H](O)CN(C)C2CCCCC2)cs1. The van der Waals surface area contributed by atoms with E-state index in [-0.39, 0.29) is 0 Å². The summed E-state index contributed by atoms with van der Waals surface area (Å²) in [5.41, 5.74) is 2.19. The zero-order valence-electron chi connectivity index (χ0n) is 18.6. The van der Waals surface area contributed by atoms with Crippen LogP contribution in [0.3, 0.4) is 0 Å². The molecule has 1 atom stereocenters. The van der Waals surface area contributed by atoms with E-state index in [4.69, 9.17) is 4.74 Å². The molecule has 1 aliphatic rings. The molecule has 1 saturated carbocycles. The molecule has 1 aliphatic carbocycles. The Labute approximate surface area is 185 Å². The number of nitrogens with zero attached hydrogens (tertiary/aromatic N) is 2. The number of hydrogen-bond donors (Lipinski definition) is 2. The zero-order chi connectivity index (χ0) is 21.3. The molecular formula is C24H37N3O2S. The van der Waals surface area contributed by atoms with E-state index in [1.807, 2.05) is 18.2 Å². The Morgan fingerprint density at radius 1 is 1.20 bits per heavy atom. The van der Waals surface area contributed by atoms with Crippen LogP contribution in [-0.4, -0.2) is 47.3 Å². The predicted octanol–water partition coefficient (Wildman–Crippen LogP) is 4.56. The first kappa shape index (κ1) is 23.2. The van der Waals surface area contributed by atoms with Crippen LogP contribution in [-0.2, 0) is 13.1 Å². The topological polar surface area (TPSA) is 57.6 Å². The molecule has 1 heterocycles. The number of hydrogen-bond acceptors (Lipinski definition) is 6. The van der Waals surface area contributed by atoms with Crippen molar-refractivity contribution in [2.75, 3.05) is 20.2 Å². The van der Waals surface area contributed by atoms with Gasteiger partial charge in [-0.15, -0.1) is 11.3 Å². The number of para-hydroxylation sites is 1. The highest BCUT2D eigenvalue weighted by Crippen LogP contribution is 2.23. The van der Waals surface area contributed by atoms with Crippen molar-refractivity contribution < 1.29 is 9.84 Å². The number of benzene rings is 1. The molecule has 0 saturated heterocycles. The van der Waals surface area contributed by atoms with Crippen LogP contribution in [0.4, 0.5) is 0 Å². The van der Waals surface area contributed by atoms with Gasteiger partial charge in [0, 0.05) is 42.5 Å². The third kappa shape index (κ3) is 7.05. The van der Waals surface area contributed by atoms with Gasteiger partial charge in [-0.05, 0) is 26.0 Å². The van der Waals surface area contributed by atoms with Crippen molar-refractivity contribution in [2.24, 2.45) is 0 Å². The lowest BCUT2D eigenvalue weighted by Gasteiger charge is -2.32. The van der Waals surface area contributed by atoms with Gasteiger partial charge in [0.25, 0.3) is 0 Å². The fraction of sp³-hybridized carbons (Fsp3) is 0.625. The average Bonchev–Trinajstić information content (AvgIpc) is 3.23. The van der Waals surface area contributed by atoms with Crippen molar-refractivity contribution >= 4 is 11.3 Å². The molecule has 3 rings (SSSR count). The van der Waals surface area contributed by atoms with Gasteiger partial charge in [0.15, 0.2) is 0 Å². The minimum Gasteiger partial charge on any atom is -0.491 e. The van der Waals surface area contributed by atoms with Crippen LogP contribution in [0.25, 0.3) is 0 Å². The van der Waals surface area contributed by atoms with Crippen LogP contribution >= 0.6 is 11.3 Å².